The molecule has 0 saturated carbocycles. The molecule has 16 heavy (non-hydrogen) atoms. The average molecular weight is 241 g/mol. The lowest BCUT2D eigenvalue weighted by Crippen LogP contribution is -2.20. The van der Waals surface area contributed by atoms with Gasteiger partial charge in [-0.05, 0) is 42.4 Å². The smallest absolute Gasteiger partial charge is 0.125 e. The normalized spacial score (nSPS) is 23.0. The van der Waals surface area contributed by atoms with Gasteiger partial charge >= 0.3 is 0 Å². The number of hydrogen-bond donors (Lipinski definition) is 2. The van der Waals surface area contributed by atoms with Crippen molar-refractivity contribution in [1.29, 1.82) is 0 Å². The second-order valence-corrected chi connectivity index (χ2v) is 5.35. The highest BCUT2D eigenvalue weighted by Crippen LogP contribution is 2.35. The van der Waals surface area contributed by atoms with Crippen molar-refractivity contribution in [2.45, 2.75) is 18.9 Å². The molecule has 4 heteroatoms. The van der Waals surface area contributed by atoms with Crippen LogP contribution in [0.5, 0.6) is 0 Å². The summed E-state index contributed by atoms with van der Waals surface area (Å²) < 4.78 is 12.9. The van der Waals surface area contributed by atoms with Gasteiger partial charge in [-0.3, -0.25) is 0 Å². The lowest BCUT2D eigenvalue weighted by Gasteiger charge is -2.27. The molecular weight excluding hydrogens is 225 g/mol. The Bertz CT molecular complexity index is 366. The van der Waals surface area contributed by atoms with Crippen LogP contribution >= 0.6 is 11.8 Å². The van der Waals surface area contributed by atoms with Crippen molar-refractivity contribution in [1.82, 2.24) is 0 Å². The molecule has 1 aliphatic rings. The molecule has 88 valence electrons. The average Bonchev–Trinajstić information content (AvgIpc) is 2.29. The van der Waals surface area contributed by atoms with Crippen LogP contribution in [0.25, 0.3) is 0 Å². The van der Waals surface area contributed by atoms with E-state index >= 15 is 0 Å². The maximum absolute atomic E-state index is 12.9. The zero-order chi connectivity index (χ0) is 11.5. The number of aliphatic hydroxyl groups is 1. The van der Waals surface area contributed by atoms with E-state index in [0.717, 1.165) is 18.6 Å². The van der Waals surface area contributed by atoms with E-state index in [1.807, 2.05) is 11.8 Å². The van der Waals surface area contributed by atoms with Gasteiger partial charge in [-0.2, -0.15) is 11.8 Å². The largest absolute Gasteiger partial charge is 0.398 e. The van der Waals surface area contributed by atoms with E-state index in [2.05, 4.69) is 0 Å². The van der Waals surface area contributed by atoms with Crippen LogP contribution in [0.1, 0.15) is 24.5 Å². The minimum atomic E-state index is -0.562. The molecule has 0 radical (unpaired) electrons. The van der Waals surface area contributed by atoms with E-state index in [9.17, 15) is 9.50 Å². The predicted molar refractivity (Wildman–Crippen MR) is 65.8 cm³/mol. The first-order chi connectivity index (χ1) is 7.68. The van der Waals surface area contributed by atoms with Gasteiger partial charge in [-0.1, -0.05) is 6.07 Å². The Morgan fingerprint density at radius 1 is 1.50 bits per heavy atom. The topological polar surface area (TPSA) is 46.2 Å². The van der Waals surface area contributed by atoms with E-state index in [1.165, 1.54) is 17.9 Å². The van der Waals surface area contributed by atoms with Gasteiger partial charge in [0.15, 0.2) is 0 Å². The molecule has 0 spiro atoms. The minimum Gasteiger partial charge on any atom is -0.398 e. The summed E-state index contributed by atoms with van der Waals surface area (Å²) in [5.74, 6) is 2.01. The van der Waals surface area contributed by atoms with Crippen LogP contribution in [-0.2, 0) is 0 Å². The quantitative estimate of drug-likeness (QED) is 0.782. The maximum Gasteiger partial charge on any atom is 0.125 e. The number of nitrogen functional groups attached to an aromatic ring is 1. The first kappa shape index (κ1) is 11.7. The SMILES string of the molecule is Nc1cc(F)ccc1C(O)C1CCCSC1. The highest BCUT2D eigenvalue weighted by atomic mass is 32.2. The van der Waals surface area contributed by atoms with Gasteiger partial charge in [-0.15, -0.1) is 0 Å². The second-order valence-electron chi connectivity index (χ2n) is 4.20. The molecule has 0 amide bonds. The number of anilines is 1. The van der Waals surface area contributed by atoms with Gasteiger partial charge in [0.2, 0.25) is 0 Å². The number of hydrogen-bond acceptors (Lipinski definition) is 3. The van der Waals surface area contributed by atoms with Crippen molar-refractivity contribution in [3.63, 3.8) is 0 Å². The van der Waals surface area contributed by atoms with E-state index in [-0.39, 0.29) is 11.7 Å². The second kappa shape index (κ2) is 5.06. The third-order valence-electron chi connectivity index (χ3n) is 3.01. The number of halogens is 1. The molecule has 2 nitrogen and oxygen atoms in total. The summed E-state index contributed by atoms with van der Waals surface area (Å²) in [5, 5.41) is 10.2. The minimum absolute atomic E-state index is 0.242. The molecule has 1 heterocycles. The molecule has 1 fully saturated rings. The third-order valence-corrected chi connectivity index (χ3v) is 4.25. The Kier molecular flexibility index (Phi) is 3.71. The Morgan fingerprint density at radius 2 is 2.31 bits per heavy atom. The summed E-state index contributed by atoms with van der Waals surface area (Å²) in [5.41, 5.74) is 6.73. The number of thioether (sulfide) groups is 1. The van der Waals surface area contributed by atoms with Crippen molar-refractivity contribution < 1.29 is 9.50 Å². The first-order valence-corrected chi connectivity index (χ1v) is 6.64. The van der Waals surface area contributed by atoms with Crippen LogP contribution in [0, 0.1) is 11.7 Å². The molecule has 0 aliphatic carbocycles. The molecule has 2 unspecified atom stereocenters. The predicted octanol–water partition coefficient (Wildman–Crippen LogP) is 2.58. The lowest BCUT2D eigenvalue weighted by molar-refractivity contribution is 0.114. The summed E-state index contributed by atoms with van der Waals surface area (Å²) in [7, 11) is 0. The Hall–Kier alpha value is -0.740. The van der Waals surface area contributed by atoms with Crippen LogP contribution in [0.3, 0.4) is 0 Å². The Labute approximate surface area is 99.0 Å². The van der Waals surface area contributed by atoms with Crippen LogP contribution < -0.4 is 5.73 Å². The molecule has 1 aliphatic heterocycles. The van der Waals surface area contributed by atoms with E-state index in [1.54, 1.807) is 6.07 Å². The van der Waals surface area contributed by atoms with Crippen LogP contribution in [0.2, 0.25) is 0 Å². The van der Waals surface area contributed by atoms with Crippen LogP contribution in [0.15, 0.2) is 18.2 Å². The summed E-state index contributed by atoms with van der Waals surface area (Å²) in [6.07, 6.45) is 1.59. The Morgan fingerprint density at radius 3 is 2.94 bits per heavy atom. The van der Waals surface area contributed by atoms with E-state index in [0.29, 0.717) is 11.3 Å². The molecule has 2 rings (SSSR count). The van der Waals surface area contributed by atoms with Gasteiger partial charge in [0.1, 0.15) is 5.82 Å². The molecule has 1 saturated heterocycles. The molecule has 1 aromatic rings. The van der Waals surface area contributed by atoms with Gasteiger partial charge in [0.25, 0.3) is 0 Å². The number of aliphatic hydroxyl groups excluding tert-OH is 1. The van der Waals surface area contributed by atoms with Gasteiger partial charge in [0, 0.05) is 11.3 Å². The lowest BCUT2D eigenvalue weighted by atomic mass is 9.92. The highest BCUT2D eigenvalue weighted by Gasteiger charge is 2.24. The van der Waals surface area contributed by atoms with Crippen molar-refractivity contribution in [3.8, 4) is 0 Å². The summed E-state index contributed by atoms with van der Waals surface area (Å²) in [6, 6.07) is 4.22. The molecule has 3 N–H and O–H groups in total. The van der Waals surface area contributed by atoms with Crippen molar-refractivity contribution in [2.75, 3.05) is 17.2 Å². The summed E-state index contributed by atoms with van der Waals surface area (Å²) in [6.45, 7) is 0. The zero-order valence-corrected chi connectivity index (χ0v) is 9.84. The van der Waals surface area contributed by atoms with Gasteiger partial charge < -0.3 is 10.8 Å². The number of benzene rings is 1. The molecular formula is C12H16FNOS. The molecule has 1 aromatic carbocycles. The van der Waals surface area contributed by atoms with Crippen LogP contribution in [0.4, 0.5) is 10.1 Å². The number of rotatable bonds is 2. The molecule has 2 atom stereocenters. The standard InChI is InChI=1S/C12H16FNOS/c13-9-3-4-10(11(14)6-9)12(15)8-2-1-5-16-7-8/h3-4,6,8,12,15H,1-2,5,7,14H2. The zero-order valence-electron chi connectivity index (χ0n) is 9.03. The fraction of sp³-hybridized carbons (Fsp3) is 0.500. The Balaban J connectivity index is 2.15. The van der Waals surface area contributed by atoms with Crippen molar-refractivity contribution in [2.24, 2.45) is 5.92 Å². The fourth-order valence-corrected chi connectivity index (χ4v) is 3.27. The van der Waals surface area contributed by atoms with E-state index < -0.39 is 6.10 Å². The summed E-state index contributed by atoms with van der Waals surface area (Å²) >= 11 is 1.86. The number of nitrogens with two attached hydrogens (primary N) is 1. The highest BCUT2D eigenvalue weighted by molar-refractivity contribution is 7.99. The van der Waals surface area contributed by atoms with Gasteiger partial charge in [0.05, 0.1) is 6.10 Å². The molecule has 0 bridgehead atoms. The summed E-state index contributed by atoms with van der Waals surface area (Å²) in [4.78, 5) is 0. The van der Waals surface area contributed by atoms with Crippen molar-refractivity contribution in [3.05, 3.63) is 29.6 Å². The van der Waals surface area contributed by atoms with Crippen molar-refractivity contribution >= 4 is 17.4 Å². The monoisotopic (exact) mass is 241 g/mol. The maximum atomic E-state index is 12.9. The van der Waals surface area contributed by atoms with Crippen LogP contribution in [-0.4, -0.2) is 16.6 Å². The van der Waals surface area contributed by atoms with Gasteiger partial charge in [-0.25, -0.2) is 4.39 Å². The third kappa shape index (κ3) is 2.50. The molecule has 0 aromatic heterocycles. The van der Waals surface area contributed by atoms with E-state index in [4.69, 9.17) is 5.73 Å². The first-order valence-electron chi connectivity index (χ1n) is 5.49. The fourth-order valence-electron chi connectivity index (χ4n) is 2.08.